The van der Waals surface area contributed by atoms with Crippen molar-refractivity contribution < 1.29 is 14.6 Å². The molecule has 2 heterocycles. The maximum absolute atomic E-state index is 12.1. The summed E-state index contributed by atoms with van der Waals surface area (Å²) in [6, 6.07) is 19.1. The molecular formula is C25H24N2O3. The third-order valence-electron chi connectivity index (χ3n) is 5.32. The number of fused-ring (bicyclic) bond motifs is 1. The molecule has 0 bridgehead atoms. The number of H-pyrrole nitrogens is 1. The van der Waals surface area contributed by atoms with Gasteiger partial charge in [-0.05, 0) is 61.7 Å². The number of esters is 1. The molecule has 0 radical (unpaired) electrons. The fourth-order valence-corrected chi connectivity index (χ4v) is 3.67. The van der Waals surface area contributed by atoms with Crippen molar-refractivity contribution in [2.24, 2.45) is 0 Å². The zero-order valence-corrected chi connectivity index (χ0v) is 17.3. The minimum absolute atomic E-state index is 0.182. The number of carbonyl (C=O) groups is 1. The van der Waals surface area contributed by atoms with Gasteiger partial charge in [-0.1, -0.05) is 36.4 Å². The van der Waals surface area contributed by atoms with E-state index in [9.17, 15) is 9.90 Å². The average molecular weight is 400 g/mol. The Labute approximate surface area is 175 Å². The van der Waals surface area contributed by atoms with Crippen molar-refractivity contribution in [1.29, 1.82) is 0 Å². The number of ether oxygens (including phenoxy) is 1. The van der Waals surface area contributed by atoms with Gasteiger partial charge in [0.1, 0.15) is 11.8 Å². The van der Waals surface area contributed by atoms with Crippen LogP contribution in [0.25, 0.3) is 22.2 Å². The molecule has 0 fully saturated rings. The van der Waals surface area contributed by atoms with E-state index in [-0.39, 0.29) is 12.3 Å². The molecule has 0 amide bonds. The second-order valence-corrected chi connectivity index (χ2v) is 7.33. The number of rotatable bonds is 5. The van der Waals surface area contributed by atoms with Gasteiger partial charge in [-0.3, -0.25) is 0 Å². The lowest BCUT2D eigenvalue weighted by molar-refractivity contribution is 0.0518. The van der Waals surface area contributed by atoms with Gasteiger partial charge in [-0.25, -0.2) is 9.78 Å². The summed E-state index contributed by atoms with van der Waals surface area (Å²) in [6.45, 7) is 6.14. The van der Waals surface area contributed by atoms with Crippen LogP contribution in [0.3, 0.4) is 0 Å². The number of benzene rings is 2. The zero-order valence-electron chi connectivity index (χ0n) is 17.3. The molecule has 0 aliphatic rings. The Bertz CT molecular complexity index is 1210. The van der Waals surface area contributed by atoms with Crippen molar-refractivity contribution >= 4 is 16.9 Å². The molecule has 0 saturated carbocycles. The summed E-state index contributed by atoms with van der Waals surface area (Å²) in [5.74, 6) is -0.500. The van der Waals surface area contributed by atoms with Crippen LogP contribution in [0.1, 0.15) is 45.9 Å². The Morgan fingerprint density at radius 2 is 1.80 bits per heavy atom. The zero-order chi connectivity index (χ0) is 21.3. The maximum Gasteiger partial charge on any atom is 0.356 e. The molecular weight excluding hydrogens is 376 g/mol. The van der Waals surface area contributed by atoms with Crippen molar-refractivity contribution in [2.75, 3.05) is 6.61 Å². The third-order valence-corrected chi connectivity index (χ3v) is 5.32. The van der Waals surface area contributed by atoms with Crippen LogP contribution in [0.4, 0.5) is 0 Å². The molecule has 30 heavy (non-hydrogen) atoms. The molecule has 152 valence electrons. The van der Waals surface area contributed by atoms with Crippen LogP contribution in [0.5, 0.6) is 0 Å². The van der Waals surface area contributed by atoms with Gasteiger partial charge in [0.2, 0.25) is 0 Å². The Morgan fingerprint density at radius 3 is 2.53 bits per heavy atom. The normalized spacial score (nSPS) is 12.1. The third kappa shape index (κ3) is 3.60. The number of aromatic amines is 1. The quantitative estimate of drug-likeness (QED) is 0.457. The average Bonchev–Trinajstić information content (AvgIpc) is 3.12. The summed E-state index contributed by atoms with van der Waals surface area (Å²) in [7, 11) is 0. The first-order valence-electron chi connectivity index (χ1n) is 10.00. The topological polar surface area (TPSA) is 75.2 Å². The van der Waals surface area contributed by atoms with Crippen LogP contribution in [0.2, 0.25) is 0 Å². The SMILES string of the molecule is CCOC(=O)c1cccc(C(O)c2c(-c3ccccc3)[nH]c3cc(C)c(C)cc23)n1. The maximum atomic E-state index is 12.1. The largest absolute Gasteiger partial charge is 0.461 e. The van der Waals surface area contributed by atoms with Crippen molar-refractivity contribution in [2.45, 2.75) is 26.9 Å². The summed E-state index contributed by atoms with van der Waals surface area (Å²) < 4.78 is 5.06. The molecule has 5 heteroatoms. The van der Waals surface area contributed by atoms with Gasteiger partial charge >= 0.3 is 5.97 Å². The molecule has 5 nitrogen and oxygen atoms in total. The Kier molecular flexibility index (Phi) is 5.38. The number of aryl methyl sites for hydroxylation is 2. The predicted molar refractivity (Wildman–Crippen MR) is 117 cm³/mol. The highest BCUT2D eigenvalue weighted by molar-refractivity contribution is 5.93. The van der Waals surface area contributed by atoms with E-state index in [2.05, 4.69) is 35.9 Å². The van der Waals surface area contributed by atoms with Crippen molar-refractivity contribution in [3.8, 4) is 11.3 Å². The monoisotopic (exact) mass is 400 g/mol. The Hall–Kier alpha value is -3.44. The highest BCUT2D eigenvalue weighted by Gasteiger charge is 2.24. The number of aliphatic hydroxyl groups excluding tert-OH is 1. The summed E-state index contributed by atoms with van der Waals surface area (Å²) in [6.07, 6.45) is -1.01. The van der Waals surface area contributed by atoms with E-state index in [4.69, 9.17) is 4.74 Å². The molecule has 1 unspecified atom stereocenters. The molecule has 4 rings (SSSR count). The Balaban J connectivity index is 1.90. The molecule has 0 saturated heterocycles. The lowest BCUT2D eigenvalue weighted by Crippen LogP contribution is -2.11. The summed E-state index contributed by atoms with van der Waals surface area (Å²) in [5.41, 5.74) is 6.40. The molecule has 0 aliphatic heterocycles. The van der Waals surface area contributed by atoms with Crippen LogP contribution in [0, 0.1) is 13.8 Å². The molecule has 2 aromatic carbocycles. The second kappa shape index (κ2) is 8.13. The number of carbonyl (C=O) groups excluding carboxylic acids is 1. The van der Waals surface area contributed by atoms with E-state index < -0.39 is 12.1 Å². The number of hydrogen-bond donors (Lipinski definition) is 2. The van der Waals surface area contributed by atoms with Crippen molar-refractivity contribution in [3.05, 3.63) is 88.7 Å². The van der Waals surface area contributed by atoms with E-state index in [1.165, 1.54) is 5.56 Å². The number of nitrogens with one attached hydrogen (secondary N) is 1. The molecule has 0 spiro atoms. The highest BCUT2D eigenvalue weighted by atomic mass is 16.5. The van der Waals surface area contributed by atoms with Crippen LogP contribution < -0.4 is 0 Å². The Morgan fingerprint density at radius 1 is 1.07 bits per heavy atom. The number of pyridine rings is 1. The van der Waals surface area contributed by atoms with Crippen molar-refractivity contribution in [3.63, 3.8) is 0 Å². The summed E-state index contributed by atoms with van der Waals surface area (Å²) >= 11 is 0. The first-order chi connectivity index (χ1) is 14.5. The summed E-state index contributed by atoms with van der Waals surface area (Å²) in [5, 5.41) is 12.3. The van der Waals surface area contributed by atoms with E-state index in [0.717, 1.165) is 33.3 Å². The van der Waals surface area contributed by atoms with Gasteiger partial charge < -0.3 is 14.8 Å². The molecule has 1 atom stereocenters. The van der Waals surface area contributed by atoms with Crippen molar-refractivity contribution in [1.82, 2.24) is 9.97 Å². The molecule has 2 aromatic heterocycles. The second-order valence-electron chi connectivity index (χ2n) is 7.33. The molecule has 4 aromatic rings. The minimum atomic E-state index is -1.01. The van der Waals surface area contributed by atoms with E-state index in [1.54, 1.807) is 25.1 Å². The van der Waals surface area contributed by atoms with Gasteiger partial charge in [0.05, 0.1) is 18.0 Å². The lowest BCUT2D eigenvalue weighted by Gasteiger charge is -2.14. The molecule has 0 aliphatic carbocycles. The number of aromatic nitrogens is 2. The first-order valence-corrected chi connectivity index (χ1v) is 10.00. The number of nitrogens with zero attached hydrogens (tertiary/aromatic N) is 1. The lowest BCUT2D eigenvalue weighted by atomic mass is 9.96. The van der Waals surface area contributed by atoms with Gasteiger partial charge in [-0.15, -0.1) is 0 Å². The van der Waals surface area contributed by atoms with E-state index in [1.807, 2.05) is 30.3 Å². The number of aliphatic hydroxyl groups is 1. The fourth-order valence-electron chi connectivity index (χ4n) is 3.67. The highest BCUT2D eigenvalue weighted by Crippen LogP contribution is 2.38. The first kappa shape index (κ1) is 19.9. The van der Waals surface area contributed by atoms with Gasteiger partial charge in [0.25, 0.3) is 0 Å². The summed E-state index contributed by atoms with van der Waals surface area (Å²) in [4.78, 5) is 20.0. The fraction of sp³-hybridized carbons (Fsp3) is 0.200. The van der Waals surface area contributed by atoms with Crippen LogP contribution in [-0.2, 0) is 4.74 Å². The number of hydrogen-bond acceptors (Lipinski definition) is 4. The smallest absolute Gasteiger partial charge is 0.356 e. The van der Waals surface area contributed by atoms with Crippen LogP contribution >= 0.6 is 0 Å². The van der Waals surface area contributed by atoms with E-state index >= 15 is 0 Å². The van der Waals surface area contributed by atoms with Gasteiger partial charge in [0.15, 0.2) is 0 Å². The predicted octanol–water partition coefficient (Wildman–Crippen LogP) is 5.11. The standard InChI is InChI=1S/C25H24N2O3/c1-4-30-25(29)20-12-8-11-19(26-20)24(28)22-18-13-15(2)16(3)14-21(18)27-23(22)17-9-6-5-7-10-17/h5-14,24,27-28H,4H2,1-3H3. The van der Waals surface area contributed by atoms with Crippen LogP contribution in [-0.4, -0.2) is 27.7 Å². The van der Waals surface area contributed by atoms with Gasteiger partial charge in [0, 0.05) is 16.5 Å². The van der Waals surface area contributed by atoms with Crippen LogP contribution in [0.15, 0.2) is 60.7 Å². The van der Waals surface area contributed by atoms with Gasteiger partial charge in [-0.2, -0.15) is 0 Å². The molecule has 2 N–H and O–H groups in total. The minimum Gasteiger partial charge on any atom is -0.461 e. The van der Waals surface area contributed by atoms with E-state index in [0.29, 0.717) is 5.69 Å².